The number of nitrogens with zero attached hydrogens (tertiary/aromatic N) is 3. The number of H-pyrrole nitrogens is 1. The number of nitrogens with one attached hydrogen (secondary N) is 1. The van der Waals surface area contributed by atoms with Gasteiger partial charge in [0.25, 0.3) is 0 Å². The van der Waals surface area contributed by atoms with E-state index in [1.807, 2.05) is 12.1 Å². The van der Waals surface area contributed by atoms with Crippen molar-refractivity contribution < 1.29 is 14.3 Å². The van der Waals surface area contributed by atoms with Crippen molar-refractivity contribution in [1.82, 2.24) is 20.2 Å². The number of rotatable bonds is 5. The van der Waals surface area contributed by atoms with Crippen molar-refractivity contribution in [3.05, 3.63) is 70.9 Å². The van der Waals surface area contributed by atoms with Crippen LogP contribution in [0.25, 0.3) is 5.76 Å². The molecule has 0 saturated carbocycles. The van der Waals surface area contributed by atoms with Crippen LogP contribution in [0.3, 0.4) is 0 Å². The molecule has 3 heterocycles. The summed E-state index contributed by atoms with van der Waals surface area (Å²) < 4.78 is 5.26. The highest BCUT2D eigenvalue weighted by molar-refractivity contribution is 6.30. The van der Waals surface area contributed by atoms with Crippen LogP contribution in [0.5, 0.6) is 0 Å². The number of pyridine rings is 1. The molecular formula is C15H11ClN4O3. The number of allylic oxidation sites excluding steroid dienone is 1. The number of aliphatic hydroxyl groups excluding tert-OH is 1. The molecule has 0 radical (unpaired) electrons. The number of hydrogen-bond acceptors (Lipinski definition) is 6. The third-order valence-electron chi connectivity index (χ3n) is 3.06. The second kappa shape index (κ2) is 6.45. The minimum atomic E-state index is -0.532. The maximum absolute atomic E-state index is 12.1. The molecule has 0 aliphatic heterocycles. The van der Waals surface area contributed by atoms with Crippen molar-refractivity contribution in [2.24, 2.45) is 0 Å². The van der Waals surface area contributed by atoms with Crippen LogP contribution in [0.4, 0.5) is 0 Å². The highest BCUT2D eigenvalue weighted by atomic mass is 35.5. The summed E-state index contributed by atoms with van der Waals surface area (Å²) >= 11 is 6.03. The van der Waals surface area contributed by atoms with Crippen molar-refractivity contribution in [2.75, 3.05) is 0 Å². The van der Waals surface area contributed by atoms with Gasteiger partial charge < -0.3 is 9.52 Å². The smallest absolute Gasteiger partial charge is 0.224 e. The van der Waals surface area contributed by atoms with Gasteiger partial charge in [0.2, 0.25) is 11.6 Å². The average Bonchev–Trinajstić information content (AvgIpc) is 3.19. The van der Waals surface area contributed by atoms with E-state index in [0.717, 1.165) is 11.6 Å². The van der Waals surface area contributed by atoms with Gasteiger partial charge in [-0.3, -0.25) is 14.9 Å². The molecule has 0 aliphatic carbocycles. The van der Waals surface area contributed by atoms with Gasteiger partial charge in [-0.1, -0.05) is 0 Å². The average molecular weight is 331 g/mol. The van der Waals surface area contributed by atoms with E-state index >= 15 is 0 Å². The Morgan fingerprint density at radius 2 is 2.17 bits per heavy atom. The van der Waals surface area contributed by atoms with Crippen LogP contribution >= 0.6 is 11.6 Å². The monoisotopic (exact) mass is 330 g/mol. The minimum absolute atomic E-state index is 0.0213. The molecule has 0 atom stereocenters. The van der Waals surface area contributed by atoms with Crippen LogP contribution in [0, 0.1) is 0 Å². The summed E-state index contributed by atoms with van der Waals surface area (Å²) in [5, 5.41) is 16.0. The molecule has 3 rings (SSSR count). The Kier molecular flexibility index (Phi) is 4.20. The second-order valence-electron chi connectivity index (χ2n) is 4.66. The number of carbonyl (C=O) groups is 1. The van der Waals surface area contributed by atoms with Crippen LogP contribution in [0.1, 0.15) is 27.5 Å². The van der Waals surface area contributed by atoms with E-state index in [0.29, 0.717) is 12.0 Å². The lowest BCUT2D eigenvalue weighted by Gasteiger charge is -1.97. The fourth-order valence-electron chi connectivity index (χ4n) is 1.96. The molecule has 0 unspecified atom stereocenters. The molecule has 116 valence electrons. The summed E-state index contributed by atoms with van der Waals surface area (Å²) in [5.41, 5.74) is 1.66. The van der Waals surface area contributed by atoms with Crippen LogP contribution in [0.15, 0.2) is 47.4 Å². The molecule has 0 bridgehead atoms. The van der Waals surface area contributed by atoms with E-state index in [9.17, 15) is 9.90 Å². The molecule has 7 nitrogen and oxygen atoms in total. The number of aliphatic hydroxyl groups is 1. The van der Waals surface area contributed by atoms with E-state index in [-0.39, 0.29) is 22.6 Å². The molecule has 3 aromatic heterocycles. The molecule has 23 heavy (non-hydrogen) atoms. The van der Waals surface area contributed by atoms with Crippen molar-refractivity contribution >= 4 is 23.1 Å². The molecule has 3 aromatic rings. The van der Waals surface area contributed by atoms with Crippen LogP contribution < -0.4 is 0 Å². The number of aromatic amines is 1. The lowest BCUT2D eigenvalue weighted by Crippen LogP contribution is -1.96. The minimum Gasteiger partial charge on any atom is -0.504 e. The number of aromatic nitrogens is 4. The number of carbonyl (C=O) groups excluding carboxylic acids is 1. The third kappa shape index (κ3) is 3.46. The van der Waals surface area contributed by atoms with Crippen LogP contribution in [0.2, 0.25) is 5.22 Å². The molecule has 0 amide bonds. The van der Waals surface area contributed by atoms with E-state index in [4.69, 9.17) is 16.0 Å². The number of ketones is 1. The Balaban J connectivity index is 1.80. The predicted molar refractivity (Wildman–Crippen MR) is 82.1 cm³/mol. The zero-order valence-electron chi connectivity index (χ0n) is 11.7. The predicted octanol–water partition coefficient (Wildman–Crippen LogP) is 2.82. The quantitative estimate of drug-likeness (QED) is 0.423. The molecule has 0 saturated heterocycles. The maximum atomic E-state index is 12.1. The normalized spacial score (nSPS) is 11.6. The van der Waals surface area contributed by atoms with Crippen LogP contribution in [-0.2, 0) is 6.42 Å². The summed E-state index contributed by atoms with van der Waals surface area (Å²) in [7, 11) is 0. The topological polar surface area (TPSA) is 105 Å². The Morgan fingerprint density at radius 3 is 2.87 bits per heavy atom. The van der Waals surface area contributed by atoms with Crippen molar-refractivity contribution in [3.63, 3.8) is 0 Å². The molecule has 0 aromatic carbocycles. The van der Waals surface area contributed by atoms with Crippen molar-refractivity contribution in [1.29, 1.82) is 0 Å². The highest BCUT2D eigenvalue weighted by Gasteiger charge is 2.16. The number of halogens is 1. The Morgan fingerprint density at radius 1 is 1.39 bits per heavy atom. The Bertz CT molecular complexity index is 841. The van der Waals surface area contributed by atoms with Gasteiger partial charge >= 0.3 is 0 Å². The van der Waals surface area contributed by atoms with Gasteiger partial charge in [0.05, 0.1) is 0 Å². The van der Waals surface area contributed by atoms with Gasteiger partial charge in [-0.15, -0.1) is 0 Å². The van der Waals surface area contributed by atoms with E-state index < -0.39 is 5.78 Å². The first-order valence-corrected chi connectivity index (χ1v) is 6.99. The summed E-state index contributed by atoms with van der Waals surface area (Å²) in [6, 6.07) is 5.24. The fraction of sp³-hybridized carbons (Fsp3) is 0.0667. The Hall–Kier alpha value is -2.93. The van der Waals surface area contributed by atoms with Gasteiger partial charge in [0.15, 0.2) is 16.7 Å². The lowest BCUT2D eigenvalue weighted by atomic mass is 10.1. The summed E-state index contributed by atoms with van der Waals surface area (Å²) in [4.78, 5) is 19.8. The Labute approximate surface area is 135 Å². The van der Waals surface area contributed by atoms with Gasteiger partial charge in [0.1, 0.15) is 6.33 Å². The third-order valence-corrected chi connectivity index (χ3v) is 3.38. The molecule has 0 spiro atoms. The number of furan rings is 1. The zero-order chi connectivity index (χ0) is 16.2. The largest absolute Gasteiger partial charge is 0.504 e. The highest BCUT2D eigenvalue weighted by Crippen LogP contribution is 2.24. The van der Waals surface area contributed by atoms with Gasteiger partial charge in [-0.05, 0) is 35.4 Å². The lowest BCUT2D eigenvalue weighted by molar-refractivity contribution is 0.102. The molecule has 2 N–H and O–H groups in total. The van der Waals surface area contributed by atoms with Gasteiger partial charge in [-0.2, -0.15) is 5.10 Å². The summed E-state index contributed by atoms with van der Waals surface area (Å²) in [6.07, 6.45) is 6.13. The first kappa shape index (κ1) is 15.0. The maximum Gasteiger partial charge on any atom is 0.224 e. The standard InChI is InChI=1S/C15H11ClN4O3/c16-14-10(5-9-1-3-17-4-2-9)6-13(23-14)11(21)7-12(22)15-18-8-19-20-15/h1-4,6-8,22H,5H2,(H,18,19,20). The van der Waals surface area contributed by atoms with Crippen molar-refractivity contribution in [2.45, 2.75) is 6.42 Å². The van der Waals surface area contributed by atoms with E-state index in [2.05, 4.69) is 20.2 Å². The van der Waals surface area contributed by atoms with Gasteiger partial charge in [0, 0.05) is 30.5 Å². The van der Waals surface area contributed by atoms with E-state index in [1.54, 1.807) is 18.5 Å². The van der Waals surface area contributed by atoms with Crippen molar-refractivity contribution in [3.8, 4) is 0 Å². The summed E-state index contributed by atoms with van der Waals surface area (Å²) in [5.74, 6) is -0.844. The first-order valence-electron chi connectivity index (χ1n) is 6.61. The molecule has 0 aliphatic rings. The fourth-order valence-corrected chi connectivity index (χ4v) is 2.17. The molecule has 8 heteroatoms. The van der Waals surface area contributed by atoms with E-state index in [1.165, 1.54) is 6.33 Å². The summed E-state index contributed by atoms with van der Waals surface area (Å²) in [6.45, 7) is 0. The SMILES string of the molecule is O=C(C=C(O)c1nc[nH]n1)c1cc(Cc2ccncc2)c(Cl)o1. The van der Waals surface area contributed by atoms with Crippen LogP contribution in [-0.4, -0.2) is 31.1 Å². The zero-order valence-corrected chi connectivity index (χ0v) is 12.5. The van der Waals surface area contributed by atoms with Gasteiger partial charge in [-0.25, -0.2) is 4.98 Å². The second-order valence-corrected chi connectivity index (χ2v) is 5.00. The first-order chi connectivity index (χ1) is 11.1. The number of hydrogen-bond donors (Lipinski definition) is 2. The molecular weight excluding hydrogens is 320 g/mol. The molecule has 0 fully saturated rings.